The first-order valence-corrected chi connectivity index (χ1v) is 11.7. The minimum absolute atomic E-state index is 0.262. The zero-order valence-electron chi connectivity index (χ0n) is 19.8. The van der Waals surface area contributed by atoms with Crippen LogP contribution >= 0.6 is 0 Å². The van der Waals surface area contributed by atoms with Crippen molar-refractivity contribution < 1.29 is 9.18 Å². The Labute approximate surface area is 203 Å². The number of anilines is 1. The molecule has 1 amide bonds. The summed E-state index contributed by atoms with van der Waals surface area (Å²) >= 11 is 0. The third-order valence-corrected chi connectivity index (χ3v) is 6.41. The number of halogens is 1. The first kappa shape index (κ1) is 22.7. The van der Waals surface area contributed by atoms with Crippen LogP contribution in [0.15, 0.2) is 79.0 Å². The number of aromatic amines is 1. The zero-order valence-corrected chi connectivity index (χ0v) is 19.8. The Morgan fingerprint density at radius 3 is 2.66 bits per heavy atom. The number of hydrogen-bond acceptors (Lipinski definition) is 3. The fourth-order valence-corrected chi connectivity index (χ4v) is 4.55. The molecule has 0 spiro atoms. The number of hydrogen-bond donors (Lipinski definition) is 2. The van der Waals surface area contributed by atoms with Crippen molar-refractivity contribution in [3.8, 4) is 0 Å². The van der Waals surface area contributed by atoms with Crippen LogP contribution in [-0.4, -0.2) is 34.4 Å². The SMILES string of the molecule is Cc1[nH]c2ccc(NC(=O)c3ccc(F)cc3)cc2c1CCN(C)Cc1ccnc2ccccc12. The summed E-state index contributed by atoms with van der Waals surface area (Å²) in [7, 11) is 2.13. The monoisotopic (exact) mass is 466 g/mol. The lowest BCUT2D eigenvalue weighted by Crippen LogP contribution is -2.21. The molecule has 0 saturated carbocycles. The van der Waals surface area contributed by atoms with Crippen LogP contribution in [0.25, 0.3) is 21.8 Å². The van der Waals surface area contributed by atoms with Crippen molar-refractivity contribution >= 4 is 33.4 Å². The van der Waals surface area contributed by atoms with Gasteiger partial charge in [0.25, 0.3) is 5.91 Å². The van der Waals surface area contributed by atoms with Crippen LogP contribution in [0.5, 0.6) is 0 Å². The van der Waals surface area contributed by atoms with Gasteiger partial charge in [-0.05, 0) is 86.1 Å². The van der Waals surface area contributed by atoms with E-state index in [9.17, 15) is 9.18 Å². The molecule has 6 heteroatoms. The Morgan fingerprint density at radius 1 is 1.03 bits per heavy atom. The number of nitrogens with one attached hydrogen (secondary N) is 2. The molecule has 5 rings (SSSR count). The molecule has 0 atom stereocenters. The van der Waals surface area contributed by atoms with Gasteiger partial charge < -0.3 is 15.2 Å². The van der Waals surface area contributed by atoms with Crippen molar-refractivity contribution in [2.75, 3.05) is 18.9 Å². The van der Waals surface area contributed by atoms with Gasteiger partial charge in [0.1, 0.15) is 5.82 Å². The topological polar surface area (TPSA) is 61.0 Å². The van der Waals surface area contributed by atoms with Crippen LogP contribution < -0.4 is 5.32 Å². The van der Waals surface area contributed by atoms with Crippen molar-refractivity contribution in [3.63, 3.8) is 0 Å². The molecule has 0 aliphatic rings. The molecule has 2 aromatic heterocycles. The van der Waals surface area contributed by atoms with Crippen LogP contribution in [0.2, 0.25) is 0 Å². The predicted molar refractivity (Wildman–Crippen MR) is 139 cm³/mol. The fourth-order valence-electron chi connectivity index (χ4n) is 4.55. The first-order valence-electron chi connectivity index (χ1n) is 11.7. The number of nitrogens with zero attached hydrogens (tertiary/aromatic N) is 2. The summed E-state index contributed by atoms with van der Waals surface area (Å²) in [6.07, 6.45) is 2.75. The fraction of sp³-hybridized carbons (Fsp3) is 0.172. The molecule has 0 aliphatic heterocycles. The Balaban J connectivity index is 1.31. The molecule has 0 unspecified atom stereocenters. The maximum absolute atomic E-state index is 13.2. The third-order valence-electron chi connectivity index (χ3n) is 6.41. The van der Waals surface area contributed by atoms with Gasteiger partial charge in [0, 0.05) is 52.5 Å². The minimum atomic E-state index is -0.363. The van der Waals surface area contributed by atoms with Gasteiger partial charge in [-0.25, -0.2) is 4.39 Å². The van der Waals surface area contributed by atoms with E-state index >= 15 is 0 Å². The lowest BCUT2D eigenvalue weighted by atomic mass is 10.1. The number of carbonyl (C=O) groups is 1. The summed E-state index contributed by atoms with van der Waals surface area (Å²) < 4.78 is 13.2. The standard InChI is InChI=1S/C29H27FN4O/c1-19-24(14-16-34(2)18-21-13-15-31-27-6-4-3-5-25(21)27)26-17-23(11-12-28(26)32-19)33-29(35)20-7-9-22(30)10-8-20/h3-13,15,17,32H,14,16,18H2,1-2H3,(H,33,35). The largest absolute Gasteiger partial charge is 0.358 e. The third kappa shape index (κ3) is 4.93. The zero-order chi connectivity index (χ0) is 24.4. The van der Waals surface area contributed by atoms with E-state index in [0.29, 0.717) is 11.3 Å². The molecule has 5 nitrogen and oxygen atoms in total. The number of amides is 1. The average Bonchev–Trinajstić information content (AvgIpc) is 3.17. The molecule has 0 bridgehead atoms. The number of carbonyl (C=O) groups excluding carboxylic acids is 1. The Hall–Kier alpha value is -4.03. The maximum atomic E-state index is 13.2. The Kier molecular flexibility index (Phi) is 6.29. The highest BCUT2D eigenvalue weighted by Gasteiger charge is 2.13. The molecule has 2 heterocycles. The van der Waals surface area contributed by atoms with E-state index in [2.05, 4.69) is 52.4 Å². The van der Waals surface area contributed by atoms with Gasteiger partial charge in [0.05, 0.1) is 5.52 Å². The molecule has 5 aromatic rings. The van der Waals surface area contributed by atoms with Gasteiger partial charge in [0.15, 0.2) is 0 Å². The van der Waals surface area contributed by atoms with Crippen molar-refractivity contribution in [2.24, 2.45) is 0 Å². The quantitative estimate of drug-likeness (QED) is 0.305. The Morgan fingerprint density at radius 2 is 1.83 bits per heavy atom. The average molecular weight is 467 g/mol. The van der Waals surface area contributed by atoms with Crippen LogP contribution in [0.3, 0.4) is 0 Å². The smallest absolute Gasteiger partial charge is 0.255 e. The number of aryl methyl sites for hydroxylation is 1. The van der Waals surface area contributed by atoms with Gasteiger partial charge in [0.2, 0.25) is 0 Å². The lowest BCUT2D eigenvalue weighted by molar-refractivity contribution is 0.102. The molecular formula is C29H27FN4O. The van der Waals surface area contributed by atoms with Gasteiger partial charge in [-0.2, -0.15) is 0 Å². The summed E-state index contributed by atoms with van der Waals surface area (Å²) in [5.74, 6) is -0.625. The van der Waals surface area contributed by atoms with E-state index in [1.54, 1.807) is 0 Å². The molecule has 0 fully saturated rings. The molecular weight excluding hydrogens is 439 g/mol. The van der Waals surface area contributed by atoms with Crippen molar-refractivity contribution in [1.29, 1.82) is 0 Å². The van der Waals surface area contributed by atoms with Crippen molar-refractivity contribution in [1.82, 2.24) is 14.9 Å². The number of pyridine rings is 1. The number of rotatable bonds is 7. The molecule has 0 radical (unpaired) electrons. The highest BCUT2D eigenvalue weighted by molar-refractivity contribution is 6.05. The number of fused-ring (bicyclic) bond motifs is 2. The van der Waals surface area contributed by atoms with E-state index in [0.717, 1.165) is 41.6 Å². The second-order valence-electron chi connectivity index (χ2n) is 8.92. The van der Waals surface area contributed by atoms with Gasteiger partial charge in [-0.3, -0.25) is 9.78 Å². The highest BCUT2D eigenvalue weighted by atomic mass is 19.1. The summed E-state index contributed by atoms with van der Waals surface area (Å²) in [5, 5.41) is 5.22. The van der Waals surface area contributed by atoms with E-state index in [1.807, 2.05) is 36.5 Å². The van der Waals surface area contributed by atoms with Crippen LogP contribution in [0.1, 0.15) is 27.2 Å². The number of likely N-dealkylation sites (N-methyl/N-ethyl adjacent to an activating group) is 1. The summed E-state index contributed by atoms with van der Waals surface area (Å²) in [6.45, 7) is 3.81. The number of para-hydroxylation sites is 1. The normalized spacial score (nSPS) is 11.4. The van der Waals surface area contributed by atoms with Gasteiger partial charge in [-0.15, -0.1) is 0 Å². The maximum Gasteiger partial charge on any atom is 0.255 e. The minimum Gasteiger partial charge on any atom is -0.358 e. The molecule has 35 heavy (non-hydrogen) atoms. The van der Waals surface area contributed by atoms with Gasteiger partial charge in [-0.1, -0.05) is 18.2 Å². The van der Waals surface area contributed by atoms with E-state index < -0.39 is 0 Å². The molecule has 0 saturated heterocycles. The molecule has 3 aromatic carbocycles. The second-order valence-corrected chi connectivity index (χ2v) is 8.92. The van der Waals surface area contributed by atoms with Gasteiger partial charge >= 0.3 is 0 Å². The lowest BCUT2D eigenvalue weighted by Gasteiger charge is -2.18. The van der Waals surface area contributed by atoms with E-state index in [-0.39, 0.29) is 11.7 Å². The van der Waals surface area contributed by atoms with Crippen LogP contribution in [-0.2, 0) is 13.0 Å². The summed E-state index contributed by atoms with van der Waals surface area (Å²) in [6, 6.07) is 21.7. The van der Waals surface area contributed by atoms with Crippen molar-refractivity contribution in [2.45, 2.75) is 19.9 Å². The second kappa shape index (κ2) is 9.68. The first-order chi connectivity index (χ1) is 17.0. The summed E-state index contributed by atoms with van der Waals surface area (Å²) in [4.78, 5) is 22.8. The van der Waals surface area contributed by atoms with Crippen LogP contribution in [0, 0.1) is 12.7 Å². The number of benzene rings is 3. The van der Waals surface area contributed by atoms with E-state index in [4.69, 9.17) is 0 Å². The predicted octanol–water partition coefficient (Wildman–Crippen LogP) is 6.09. The molecule has 2 N–H and O–H groups in total. The van der Waals surface area contributed by atoms with E-state index in [1.165, 1.54) is 40.8 Å². The number of H-pyrrole nitrogens is 1. The highest BCUT2D eigenvalue weighted by Crippen LogP contribution is 2.27. The number of aromatic nitrogens is 2. The molecule has 176 valence electrons. The van der Waals surface area contributed by atoms with Crippen molar-refractivity contribution in [3.05, 3.63) is 107 Å². The van der Waals surface area contributed by atoms with Crippen LogP contribution in [0.4, 0.5) is 10.1 Å². The summed E-state index contributed by atoms with van der Waals surface area (Å²) in [5.41, 5.74) is 6.82. The Bertz CT molecular complexity index is 1500. The molecule has 0 aliphatic carbocycles.